The van der Waals surface area contributed by atoms with E-state index in [1.807, 2.05) is 6.07 Å². The van der Waals surface area contributed by atoms with E-state index < -0.39 is 9.84 Å². The molecule has 3 N–H and O–H groups in total. The van der Waals surface area contributed by atoms with Crippen molar-refractivity contribution in [2.45, 2.75) is 17.1 Å². The SMILES string of the molecule is C=C/C(=C\N=C(/C)N)c1cc(N2CCOCC2)cc(S(=O)(=O)C2CNC2)c1. The van der Waals surface area contributed by atoms with Gasteiger partial charge in [0.2, 0.25) is 0 Å². The molecule has 2 fully saturated rings. The van der Waals surface area contributed by atoms with Gasteiger partial charge in [0.15, 0.2) is 9.84 Å². The monoisotopic (exact) mass is 390 g/mol. The van der Waals surface area contributed by atoms with Crippen LogP contribution < -0.4 is 16.0 Å². The molecule has 2 saturated heterocycles. The second kappa shape index (κ2) is 8.24. The number of amidine groups is 1. The number of hydrogen-bond acceptors (Lipinski definition) is 6. The Balaban J connectivity index is 2.08. The molecule has 7 nitrogen and oxygen atoms in total. The molecule has 2 aliphatic heterocycles. The van der Waals surface area contributed by atoms with Gasteiger partial charge >= 0.3 is 0 Å². The lowest BCUT2D eigenvalue weighted by Gasteiger charge is -2.31. The van der Waals surface area contributed by atoms with Crippen LogP contribution in [0.5, 0.6) is 0 Å². The molecule has 0 atom stereocenters. The van der Waals surface area contributed by atoms with E-state index in [2.05, 4.69) is 21.8 Å². The van der Waals surface area contributed by atoms with E-state index in [-0.39, 0.29) is 5.25 Å². The van der Waals surface area contributed by atoms with Crippen molar-refractivity contribution in [1.82, 2.24) is 5.32 Å². The zero-order valence-electron chi connectivity index (χ0n) is 15.5. The molecule has 0 saturated carbocycles. The maximum absolute atomic E-state index is 13.0. The number of aliphatic imine (C=N–C) groups is 1. The van der Waals surface area contributed by atoms with Crippen molar-refractivity contribution in [2.75, 3.05) is 44.3 Å². The molecular weight excluding hydrogens is 364 g/mol. The lowest BCUT2D eigenvalue weighted by Crippen LogP contribution is -2.51. The Morgan fingerprint density at radius 1 is 1.33 bits per heavy atom. The van der Waals surface area contributed by atoms with Gasteiger partial charge in [0.05, 0.1) is 29.2 Å². The summed E-state index contributed by atoms with van der Waals surface area (Å²) < 4.78 is 31.4. The third-order valence-corrected chi connectivity index (χ3v) is 6.84. The van der Waals surface area contributed by atoms with E-state index in [1.54, 1.807) is 31.3 Å². The van der Waals surface area contributed by atoms with Gasteiger partial charge in [-0.05, 0) is 36.3 Å². The smallest absolute Gasteiger partial charge is 0.183 e. The lowest BCUT2D eigenvalue weighted by atomic mass is 10.1. The fourth-order valence-electron chi connectivity index (χ4n) is 3.01. The summed E-state index contributed by atoms with van der Waals surface area (Å²) in [6.45, 7) is 9.20. The minimum Gasteiger partial charge on any atom is -0.387 e. The minimum atomic E-state index is -3.40. The highest BCUT2D eigenvalue weighted by atomic mass is 32.2. The van der Waals surface area contributed by atoms with Gasteiger partial charge in [-0.3, -0.25) is 0 Å². The molecule has 2 heterocycles. The molecule has 27 heavy (non-hydrogen) atoms. The fourth-order valence-corrected chi connectivity index (χ4v) is 4.64. The van der Waals surface area contributed by atoms with Gasteiger partial charge in [-0.1, -0.05) is 12.7 Å². The van der Waals surface area contributed by atoms with E-state index in [9.17, 15) is 8.42 Å². The molecule has 1 aromatic rings. The van der Waals surface area contributed by atoms with E-state index >= 15 is 0 Å². The van der Waals surface area contributed by atoms with Crippen LogP contribution in [-0.4, -0.2) is 58.9 Å². The van der Waals surface area contributed by atoms with Gasteiger partial charge in [-0.15, -0.1) is 0 Å². The molecule has 1 aromatic carbocycles. The zero-order chi connectivity index (χ0) is 19.4. The summed E-state index contributed by atoms with van der Waals surface area (Å²) in [6.07, 6.45) is 3.27. The number of allylic oxidation sites excluding steroid dienone is 2. The summed E-state index contributed by atoms with van der Waals surface area (Å²) in [4.78, 5) is 6.61. The maximum Gasteiger partial charge on any atom is 0.183 e. The summed E-state index contributed by atoms with van der Waals surface area (Å²) in [5.41, 5.74) is 7.97. The molecule has 8 heteroatoms. The van der Waals surface area contributed by atoms with Crippen LogP contribution >= 0.6 is 0 Å². The van der Waals surface area contributed by atoms with Crippen LogP contribution in [0.25, 0.3) is 5.57 Å². The minimum absolute atomic E-state index is 0.328. The number of nitrogens with two attached hydrogens (primary N) is 1. The maximum atomic E-state index is 13.0. The standard InChI is InChI=1S/C19H26N4O3S/c1-3-15(11-22-14(2)20)16-8-17(23-4-6-26-7-5-23)10-18(9-16)27(24,25)19-12-21-13-19/h3,8-11,19,21H,1,4-7,12-13H2,2H3,(H2,20,22)/b15-11+. The highest BCUT2D eigenvalue weighted by molar-refractivity contribution is 7.92. The van der Waals surface area contributed by atoms with Crippen molar-refractivity contribution < 1.29 is 13.2 Å². The van der Waals surface area contributed by atoms with E-state index in [0.29, 0.717) is 37.0 Å². The molecule has 146 valence electrons. The van der Waals surface area contributed by atoms with Crippen LogP contribution in [0.2, 0.25) is 0 Å². The van der Waals surface area contributed by atoms with Crippen molar-refractivity contribution in [1.29, 1.82) is 0 Å². The van der Waals surface area contributed by atoms with Gasteiger partial charge in [0.1, 0.15) is 0 Å². The van der Waals surface area contributed by atoms with Gasteiger partial charge < -0.3 is 20.7 Å². The number of sulfone groups is 1. The first kappa shape index (κ1) is 19.6. The molecule has 0 aromatic heterocycles. The Bertz CT molecular complexity index is 863. The first-order valence-electron chi connectivity index (χ1n) is 8.97. The lowest BCUT2D eigenvalue weighted by molar-refractivity contribution is 0.122. The first-order valence-corrected chi connectivity index (χ1v) is 10.5. The van der Waals surface area contributed by atoms with Crippen molar-refractivity contribution in [2.24, 2.45) is 10.7 Å². The largest absolute Gasteiger partial charge is 0.387 e. The second-order valence-electron chi connectivity index (χ2n) is 6.70. The zero-order valence-corrected chi connectivity index (χ0v) is 16.3. The molecule has 2 aliphatic rings. The molecule has 3 rings (SSSR count). The summed E-state index contributed by atoms with van der Waals surface area (Å²) >= 11 is 0. The third-order valence-electron chi connectivity index (χ3n) is 4.74. The highest BCUT2D eigenvalue weighted by Crippen LogP contribution is 2.30. The van der Waals surface area contributed by atoms with Crippen molar-refractivity contribution in [3.05, 3.63) is 42.6 Å². The van der Waals surface area contributed by atoms with Gasteiger partial charge in [0, 0.05) is 38.1 Å². The van der Waals surface area contributed by atoms with Crippen molar-refractivity contribution in [3.8, 4) is 0 Å². The van der Waals surface area contributed by atoms with Crippen LogP contribution in [0, 0.1) is 0 Å². The van der Waals surface area contributed by atoms with Crippen LogP contribution in [0.1, 0.15) is 12.5 Å². The van der Waals surface area contributed by atoms with Crippen LogP contribution in [0.3, 0.4) is 0 Å². The third kappa shape index (κ3) is 4.40. The molecule has 0 radical (unpaired) electrons. The number of ether oxygens (including phenoxy) is 1. The van der Waals surface area contributed by atoms with Gasteiger partial charge in [-0.25, -0.2) is 13.4 Å². The molecule has 0 aliphatic carbocycles. The molecule has 0 amide bonds. The Kier molecular flexibility index (Phi) is 5.98. The Morgan fingerprint density at radius 2 is 2.04 bits per heavy atom. The number of rotatable bonds is 6. The molecule has 0 bridgehead atoms. The summed E-state index contributed by atoms with van der Waals surface area (Å²) in [5, 5.41) is 2.65. The van der Waals surface area contributed by atoms with Crippen molar-refractivity contribution in [3.63, 3.8) is 0 Å². The predicted molar refractivity (Wildman–Crippen MR) is 109 cm³/mol. The van der Waals surface area contributed by atoms with E-state index in [4.69, 9.17) is 10.5 Å². The Morgan fingerprint density at radius 3 is 2.59 bits per heavy atom. The molecule has 0 spiro atoms. The van der Waals surface area contributed by atoms with Crippen molar-refractivity contribution >= 4 is 26.9 Å². The number of nitrogens with one attached hydrogen (secondary N) is 1. The highest BCUT2D eigenvalue weighted by Gasteiger charge is 2.33. The molecule has 0 unspecified atom stereocenters. The summed E-state index contributed by atoms with van der Waals surface area (Å²) in [5.74, 6) is 0.423. The number of anilines is 1. The topological polar surface area (TPSA) is 97.0 Å². The summed E-state index contributed by atoms with van der Waals surface area (Å²) in [6, 6.07) is 5.44. The average molecular weight is 391 g/mol. The Hall–Kier alpha value is -2.16. The van der Waals surface area contributed by atoms with Gasteiger partial charge in [0.25, 0.3) is 0 Å². The molecular formula is C19H26N4O3S. The van der Waals surface area contributed by atoms with Crippen LogP contribution in [-0.2, 0) is 14.6 Å². The second-order valence-corrected chi connectivity index (χ2v) is 8.93. The van der Waals surface area contributed by atoms with Crippen LogP contribution in [0.15, 0.2) is 46.9 Å². The fraction of sp³-hybridized carbons (Fsp3) is 0.421. The number of hydrogen-bond donors (Lipinski definition) is 2. The summed E-state index contributed by atoms with van der Waals surface area (Å²) in [7, 11) is -3.40. The number of morpholine rings is 1. The first-order chi connectivity index (χ1) is 12.9. The quantitative estimate of drug-likeness (QED) is 0.430. The number of benzene rings is 1. The predicted octanol–water partition coefficient (Wildman–Crippen LogP) is 1.17. The average Bonchev–Trinajstić information content (AvgIpc) is 2.60. The van der Waals surface area contributed by atoms with E-state index in [0.717, 1.165) is 29.9 Å². The van der Waals surface area contributed by atoms with Crippen LogP contribution in [0.4, 0.5) is 5.69 Å². The normalized spacial score (nSPS) is 19.7. The Labute approximate surface area is 160 Å². The van der Waals surface area contributed by atoms with Gasteiger partial charge in [-0.2, -0.15) is 0 Å². The number of nitrogens with zero attached hydrogens (tertiary/aromatic N) is 2. The van der Waals surface area contributed by atoms with E-state index in [1.165, 1.54) is 0 Å².